The average molecular weight is 374 g/mol. The maximum absolute atomic E-state index is 14.1. The zero-order valence-electron chi connectivity index (χ0n) is 14.3. The number of rotatable bonds is 4. The lowest BCUT2D eigenvalue weighted by Gasteiger charge is -2.13. The third kappa shape index (κ3) is 3.56. The largest absolute Gasteiger partial charge is 0.469 e. The van der Waals surface area contributed by atoms with E-state index < -0.39 is 24.0 Å². The van der Waals surface area contributed by atoms with Gasteiger partial charge in [-0.15, -0.1) is 0 Å². The van der Waals surface area contributed by atoms with E-state index in [4.69, 9.17) is 4.74 Å². The van der Waals surface area contributed by atoms with Gasteiger partial charge >= 0.3 is 0 Å². The van der Waals surface area contributed by atoms with Gasteiger partial charge in [-0.2, -0.15) is 0 Å². The molecule has 27 heavy (non-hydrogen) atoms. The molecule has 140 valence electrons. The fraction of sp³-hybridized carbons (Fsp3) is 0.294. The molecule has 0 bridgehead atoms. The zero-order chi connectivity index (χ0) is 19.0. The Balaban J connectivity index is 1.46. The van der Waals surface area contributed by atoms with Gasteiger partial charge in [-0.05, 0) is 6.92 Å². The van der Waals surface area contributed by atoms with E-state index in [0.29, 0.717) is 12.2 Å². The minimum atomic E-state index is -1.12. The molecule has 2 atom stereocenters. The molecule has 0 aromatic carbocycles. The van der Waals surface area contributed by atoms with Crippen molar-refractivity contribution in [3.05, 3.63) is 48.1 Å². The Labute approximate surface area is 152 Å². The minimum absolute atomic E-state index is 0.0195. The van der Waals surface area contributed by atoms with Crippen LogP contribution in [0.4, 0.5) is 14.5 Å². The molecule has 1 amide bonds. The van der Waals surface area contributed by atoms with E-state index in [1.807, 2.05) is 0 Å². The Hall–Kier alpha value is -3.14. The van der Waals surface area contributed by atoms with Crippen LogP contribution in [0.25, 0.3) is 5.65 Å². The van der Waals surface area contributed by atoms with Gasteiger partial charge < -0.3 is 19.8 Å². The summed E-state index contributed by atoms with van der Waals surface area (Å²) in [6.07, 6.45) is 3.92. The molecule has 0 saturated carbocycles. The van der Waals surface area contributed by atoms with Gasteiger partial charge in [0.2, 0.25) is 5.88 Å². The molecule has 0 radical (unpaired) electrons. The van der Waals surface area contributed by atoms with E-state index in [1.54, 1.807) is 19.3 Å². The molecule has 0 spiro atoms. The highest BCUT2D eigenvalue weighted by Crippen LogP contribution is 2.17. The van der Waals surface area contributed by atoms with E-state index in [0.717, 1.165) is 0 Å². The normalized spacial score (nSPS) is 19.4. The third-order valence-corrected chi connectivity index (χ3v) is 4.11. The van der Waals surface area contributed by atoms with E-state index in [-0.39, 0.29) is 29.5 Å². The molecule has 0 unspecified atom stereocenters. The summed E-state index contributed by atoms with van der Waals surface area (Å²) >= 11 is 0. The third-order valence-electron chi connectivity index (χ3n) is 4.11. The Bertz CT molecular complexity index is 991. The fourth-order valence-corrected chi connectivity index (χ4v) is 2.83. The molecule has 0 aliphatic carbocycles. The van der Waals surface area contributed by atoms with Gasteiger partial charge in [-0.25, -0.2) is 23.7 Å². The second-order valence-corrected chi connectivity index (χ2v) is 6.21. The number of carbonyl (C=O) groups is 1. The molecular formula is C17H16F2N6O2. The van der Waals surface area contributed by atoms with Gasteiger partial charge in [0.05, 0.1) is 23.8 Å². The molecule has 4 heterocycles. The molecule has 10 heteroatoms. The van der Waals surface area contributed by atoms with Crippen LogP contribution in [0.1, 0.15) is 16.2 Å². The van der Waals surface area contributed by atoms with Crippen molar-refractivity contribution in [1.82, 2.24) is 24.7 Å². The Kier molecular flexibility index (Phi) is 4.40. The number of anilines is 1. The Morgan fingerprint density at radius 3 is 2.89 bits per heavy atom. The number of aryl methyl sites for hydroxylation is 1. The number of alkyl halides is 1. The monoisotopic (exact) mass is 374 g/mol. The summed E-state index contributed by atoms with van der Waals surface area (Å²) in [6.45, 7) is 2.36. The molecule has 8 nitrogen and oxygen atoms in total. The van der Waals surface area contributed by atoms with Crippen LogP contribution in [0.5, 0.6) is 5.88 Å². The molecular weight excluding hydrogens is 358 g/mol. The summed E-state index contributed by atoms with van der Waals surface area (Å²) in [5, 5.41) is 5.43. The molecule has 4 rings (SSSR count). The average Bonchev–Trinajstić information content (AvgIpc) is 3.21. The van der Waals surface area contributed by atoms with Crippen LogP contribution < -0.4 is 15.4 Å². The maximum Gasteiger partial charge on any atom is 0.275 e. The Morgan fingerprint density at radius 1 is 1.33 bits per heavy atom. The number of pyridine rings is 1. The van der Waals surface area contributed by atoms with E-state index in [2.05, 4.69) is 25.6 Å². The van der Waals surface area contributed by atoms with Gasteiger partial charge in [0.25, 0.3) is 5.91 Å². The summed E-state index contributed by atoms with van der Waals surface area (Å²) in [5.74, 6) is -0.985. The number of ether oxygens (including phenoxy) is 1. The van der Waals surface area contributed by atoms with Crippen LogP contribution in [0, 0.1) is 12.7 Å². The van der Waals surface area contributed by atoms with Crippen LogP contribution >= 0.6 is 0 Å². The second kappa shape index (κ2) is 6.88. The number of hydrogen-bond donors (Lipinski definition) is 2. The predicted molar refractivity (Wildman–Crippen MR) is 92.1 cm³/mol. The number of aromatic nitrogens is 4. The maximum atomic E-state index is 14.1. The number of nitrogens with one attached hydrogen (secondary N) is 2. The van der Waals surface area contributed by atoms with Crippen LogP contribution in [0.2, 0.25) is 0 Å². The molecule has 2 N–H and O–H groups in total. The first kappa shape index (κ1) is 17.3. The quantitative estimate of drug-likeness (QED) is 0.719. The van der Waals surface area contributed by atoms with Gasteiger partial charge in [-0.3, -0.25) is 4.79 Å². The van der Waals surface area contributed by atoms with E-state index in [1.165, 1.54) is 22.9 Å². The molecule has 1 saturated heterocycles. The first-order valence-electron chi connectivity index (χ1n) is 8.29. The number of amides is 1. The minimum Gasteiger partial charge on any atom is -0.469 e. The first-order valence-corrected chi connectivity index (χ1v) is 8.29. The standard InChI is InChI=1S/C17H16F2N6O2/c1-9-7-25-8-10(2-11(18)16(25)23-9)24-17(26)13-4-22-15(6-21-13)27-14-5-20-3-12(14)19/h2,4,6-8,12,14,20H,3,5H2,1H3,(H,24,26)/t12-,14+/m0/s1. The van der Waals surface area contributed by atoms with Crippen LogP contribution in [-0.4, -0.2) is 50.6 Å². The summed E-state index contributed by atoms with van der Waals surface area (Å²) in [4.78, 5) is 24.3. The number of fused-ring (bicyclic) bond motifs is 1. The molecule has 1 aliphatic rings. The van der Waals surface area contributed by atoms with E-state index >= 15 is 0 Å². The lowest BCUT2D eigenvalue weighted by atomic mass is 10.3. The second-order valence-electron chi connectivity index (χ2n) is 6.21. The Morgan fingerprint density at radius 2 is 2.19 bits per heavy atom. The van der Waals surface area contributed by atoms with Crippen molar-refractivity contribution in [3.63, 3.8) is 0 Å². The van der Waals surface area contributed by atoms with Crippen molar-refractivity contribution in [1.29, 1.82) is 0 Å². The molecule has 3 aromatic heterocycles. The van der Waals surface area contributed by atoms with Crippen molar-refractivity contribution in [2.45, 2.75) is 19.2 Å². The molecule has 3 aromatic rings. The van der Waals surface area contributed by atoms with Gasteiger partial charge in [0, 0.05) is 31.5 Å². The van der Waals surface area contributed by atoms with Crippen molar-refractivity contribution in [2.75, 3.05) is 18.4 Å². The highest BCUT2D eigenvalue weighted by molar-refractivity contribution is 6.02. The number of imidazole rings is 1. The lowest BCUT2D eigenvalue weighted by Crippen LogP contribution is -2.27. The predicted octanol–water partition coefficient (Wildman–Crippen LogP) is 1.51. The molecule has 1 aliphatic heterocycles. The summed E-state index contributed by atoms with van der Waals surface area (Å²) < 4.78 is 34.5. The van der Waals surface area contributed by atoms with E-state index in [9.17, 15) is 13.6 Å². The van der Waals surface area contributed by atoms with Crippen molar-refractivity contribution in [2.24, 2.45) is 0 Å². The number of hydrogen-bond acceptors (Lipinski definition) is 6. The fourth-order valence-electron chi connectivity index (χ4n) is 2.83. The highest BCUT2D eigenvalue weighted by Gasteiger charge is 2.29. The highest BCUT2D eigenvalue weighted by atomic mass is 19.1. The SMILES string of the molecule is Cc1cn2cc(NC(=O)c3cnc(O[C@@H]4CNC[C@@H]4F)cn3)cc(F)c2n1. The number of halogens is 2. The smallest absolute Gasteiger partial charge is 0.275 e. The van der Waals surface area contributed by atoms with Crippen LogP contribution in [0.15, 0.2) is 30.9 Å². The van der Waals surface area contributed by atoms with Gasteiger partial charge in [0.1, 0.15) is 11.8 Å². The number of nitrogens with zero attached hydrogens (tertiary/aromatic N) is 4. The topological polar surface area (TPSA) is 93.4 Å². The van der Waals surface area contributed by atoms with Crippen LogP contribution in [0.3, 0.4) is 0 Å². The summed E-state index contributed by atoms with van der Waals surface area (Å²) in [6, 6.07) is 1.18. The van der Waals surface area contributed by atoms with Gasteiger partial charge in [-0.1, -0.05) is 0 Å². The zero-order valence-corrected chi connectivity index (χ0v) is 14.3. The van der Waals surface area contributed by atoms with Crippen molar-refractivity contribution in [3.8, 4) is 5.88 Å². The number of carbonyl (C=O) groups excluding carboxylic acids is 1. The van der Waals surface area contributed by atoms with Crippen molar-refractivity contribution < 1.29 is 18.3 Å². The summed E-state index contributed by atoms with van der Waals surface area (Å²) in [5.41, 5.74) is 1.11. The first-order chi connectivity index (χ1) is 13.0. The van der Waals surface area contributed by atoms with Gasteiger partial charge in [0.15, 0.2) is 17.6 Å². The summed E-state index contributed by atoms with van der Waals surface area (Å²) in [7, 11) is 0. The molecule has 1 fully saturated rings. The lowest BCUT2D eigenvalue weighted by molar-refractivity contribution is 0.102. The van der Waals surface area contributed by atoms with Crippen molar-refractivity contribution >= 4 is 17.2 Å². The van der Waals surface area contributed by atoms with Crippen LogP contribution in [-0.2, 0) is 0 Å².